The van der Waals surface area contributed by atoms with Gasteiger partial charge < -0.3 is 4.90 Å². The summed E-state index contributed by atoms with van der Waals surface area (Å²) < 4.78 is 307. The summed E-state index contributed by atoms with van der Waals surface area (Å²) >= 11 is 0. The molecule has 0 saturated carbocycles. The fourth-order valence-corrected chi connectivity index (χ4v) is 9.71. The lowest BCUT2D eigenvalue weighted by atomic mass is 9.12. The van der Waals surface area contributed by atoms with Crippen LogP contribution in [0.2, 0.25) is 0 Å². The molecule has 0 amide bonds. The third kappa shape index (κ3) is 11.0. The molecule has 414 valence electrons. The molecular weight excluding hydrogens is 1130 g/mol. The Labute approximate surface area is 440 Å². The maximum absolute atomic E-state index is 15.4. The van der Waals surface area contributed by atoms with Crippen LogP contribution in [0.3, 0.4) is 0 Å². The molecule has 25 heteroatoms. The van der Waals surface area contributed by atoms with Crippen molar-refractivity contribution < 1.29 is 96.8 Å². The molecule has 0 fully saturated rings. The second kappa shape index (κ2) is 23.5. The van der Waals surface area contributed by atoms with Crippen LogP contribution in [-0.4, -0.2) is 23.9 Å². The van der Waals surface area contributed by atoms with E-state index in [1.54, 1.807) is 6.26 Å². The van der Waals surface area contributed by atoms with Gasteiger partial charge in [0.1, 0.15) is 58.9 Å². The molecule has 0 spiro atoms. The number of carbonyl (C=O) groups is 1. The molecule has 0 saturated heterocycles. The summed E-state index contributed by atoms with van der Waals surface area (Å²) in [4.78, 5) is 15.2. The van der Waals surface area contributed by atoms with E-state index in [2.05, 4.69) is 40.3 Å². The van der Waals surface area contributed by atoms with E-state index in [-0.39, 0.29) is 11.5 Å². The quantitative estimate of drug-likeness (QED) is 0.0233. The van der Waals surface area contributed by atoms with Crippen molar-refractivity contribution in [3.05, 3.63) is 254 Å². The van der Waals surface area contributed by atoms with Crippen molar-refractivity contribution in [3.63, 3.8) is 0 Å². The minimum absolute atomic E-state index is 0.0933. The first-order chi connectivity index (χ1) is 37.7. The Balaban J connectivity index is 0.000000238. The highest BCUT2D eigenvalue weighted by atomic mass is 32.2. The summed E-state index contributed by atoms with van der Waals surface area (Å²) in [7, 11) is -2.61. The molecule has 0 N–H and O–H groups in total. The molecule has 0 aliphatic carbocycles. The first kappa shape index (κ1) is 59.3. The van der Waals surface area contributed by atoms with Gasteiger partial charge in [-0.2, -0.15) is 0 Å². The molecule has 80 heavy (non-hydrogen) atoms. The van der Waals surface area contributed by atoms with Crippen LogP contribution in [0.1, 0.15) is 27.0 Å². The van der Waals surface area contributed by atoms with Gasteiger partial charge in [0.15, 0.2) is 90.7 Å². The smallest absolute Gasteiger partial charge is 0.212 e. The van der Waals surface area contributed by atoms with Crippen LogP contribution in [0, 0.1) is 128 Å². The van der Waals surface area contributed by atoms with E-state index in [4.69, 9.17) is 0 Å². The highest BCUT2D eigenvalue weighted by Gasteiger charge is 2.52. The minimum Gasteiger partial charge on any atom is -0.363 e. The van der Waals surface area contributed by atoms with Crippen molar-refractivity contribution in [2.45, 2.75) is 13.1 Å². The van der Waals surface area contributed by atoms with Crippen molar-refractivity contribution in [3.8, 4) is 11.2 Å². The van der Waals surface area contributed by atoms with E-state index in [9.17, 15) is 61.7 Å². The van der Waals surface area contributed by atoms with Gasteiger partial charge in [0.2, 0.25) is 5.78 Å². The standard InChI is InChI=1S/C31H28NO2S.C24BF20/c1-35(34,22-21-26-11-5-2-6-12-26)25-31(33)29-17-19-30(20-18-29)32(23-27-13-7-3-8-14-27)24-28-15-9-4-10-16-28;26-5-1(6(27)14(35)21(42)13(5)34)25(2-7(28)15(36)22(43)16(37)8(2)29,3-9(30)17(38)23(44)18(39)10(3)31)4-11(32)19(40)24(45)20(41)12(4)33/h2-20H,23-25H2,1H3;/q+1;-1. The molecular formula is C55H28BF20NO2S. The van der Waals surface area contributed by atoms with Crippen molar-refractivity contribution in [2.24, 2.45) is 0 Å². The number of hydrogen-bond donors (Lipinski definition) is 0. The summed E-state index contributed by atoms with van der Waals surface area (Å²) in [5.74, 6) is -68.7. The average molecular weight is 1160 g/mol. The predicted molar refractivity (Wildman–Crippen MR) is 255 cm³/mol. The number of benzene rings is 8. The fraction of sp³-hybridized carbons (Fsp3) is 0.0727. The van der Waals surface area contributed by atoms with Gasteiger partial charge in [-0.3, -0.25) is 4.79 Å². The molecule has 0 bridgehead atoms. The number of rotatable bonds is 12. The predicted octanol–water partition coefficient (Wildman–Crippen LogP) is 12.1. The molecule has 0 aromatic heterocycles. The minimum atomic E-state index is -7.22. The molecule has 1 unspecified atom stereocenters. The van der Waals surface area contributed by atoms with Gasteiger partial charge in [0.25, 0.3) is 0 Å². The third-order valence-corrected chi connectivity index (χ3v) is 13.6. The van der Waals surface area contributed by atoms with Gasteiger partial charge in [-0.1, -0.05) is 83.1 Å². The fourth-order valence-electron chi connectivity index (χ4n) is 8.64. The van der Waals surface area contributed by atoms with Crippen LogP contribution in [0.4, 0.5) is 93.5 Å². The van der Waals surface area contributed by atoms with Gasteiger partial charge in [-0.25, -0.2) is 87.8 Å². The zero-order chi connectivity index (χ0) is 58.9. The van der Waals surface area contributed by atoms with Crippen molar-refractivity contribution in [2.75, 3.05) is 16.9 Å². The van der Waals surface area contributed by atoms with Gasteiger partial charge in [0.05, 0.1) is 0 Å². The zero-order valence-electron chi connectivity index (χ0n) is 39.9. The second-order valence-corrected chi connectivity index (χ2v) is 19.8. The number of anilines is 1. The maximum atomic E-state index is 15.4. The lowest BCUT2D eigenvalue weighted by Crippen LogP contribution is -2.81. The summed E-state index contributed by atoms with van der Waals surface area (Å²) in [6.07, 6.45) is -5.66. The number of Topliss-reactive ketones (excluding diaryl/α,β-unsaturated/α-hetero) is 1. The van der Waals surface area contributed by atoms with E-state index < -0.39 is 154 Å². The largest absolute Gasteiger partial charge is 0.363 e. The van der Waals surface area contributed by atoms with Gasteiger partial charge in [-0.05, 0) is 53.4 Å². The molecule has 0 aliphatic rings. The topological polar surface area (TPSA) is 37.4 Å². The summed E-state index contributed by atoms with van der Waals surface area (Å²) in [6.45, 7) is 1.50. The Kier molecular flexibility index (Phi) is 17.4. The number of hydrogen-bond acceptors (Lipinski definition) is 3. The molecule has 0 heterocycles. The summed E-state index contributed by atoms with van der Waals surface area (Å²) in [5, 5.41) is 2.81. The molecule has 3 nitrogen and oxygen atoms in total. The van der Waals surface area contributed by atoms with E-state index in [1.165, 1.54) is 11.1 Å². The zero-order valence-corrected chi connectivity index (χ0v) is 40.7. The van der Waals surface area contributed by atoms with Crippen LogP contribution in [0.25, 0.3) is 0 Å². The molecule has 8 aromatic rings. The normalized spacial score (nSPS) is 12.1. The van der Waals surface area contributed by atoms with Gasteiger partial charge >= 0.3 is 0 Å². The van der Waals surface area contributed by atoms with E-state index in [1.807, 2.05) is 91.0 Å². The highest BCUT2D eigenvalue weighted by molar-refractivity contribution is 8.07. The molecule has 8 aromatic carbocycles. The molecule has 0 radical (unpaired) electrons. The highest BCUT2D eigenvalue weighted by Crippen LogP contribution is 2.31. The third-order valence-electron chi connectivity index (χ3n) is 12.3. The first-order valence-electron chi connectivity index (χ1n) is 22.4. The van der Waals surface area contributed by atoms with Crippen molar-refractivity contribution in [1.29, 1.82) is 0 Å². The van der Waals surface area contributed by atoms with Crippen LogP contribution in [0.5, 0.6) is 0 Å². The van der Waals surface area contributed by atoms with Gasteiger partial charge in [0, 0.05) is 29.9 Å². The van der Waals surface area contributed by atoms with E-state index in [0.717, 1.165) is 24.3 Å². The van der Waals surface area contributed by atoms with Crippen molar-refractivity contribution in [1.82, 2.24) is 0 Å². The molecule has 1 atom stereocenters. The number of nitrogens with zero attached hydrogens (tertiary/aromatic N) is 1. The van der Waals surface area contributed by atoms with Crippen LogP contribution in [0.15, 0.2) is 115 Å². The number of carbonyl (C=O) groups excluding carboxylic acids is 1. The lowest BCUT2D eigenvalue weighted by Gasteiger charge is -2.44. The van der Waals surface area contributed by atoms with Crippen LogP contribution < -0.4 is 26.8 Å². The Bertz CT molecular complexity index is 3400. The van der Waals surface area contributed by atoms with Crippen molar-refractivity contribution >= 4 is 49.4 Å². The number of halogens is 20. The molecule has 0 aliphatic heterocycles. The number of ketones is 1. The lowest BCUT2D eigenvalue weighted by molar-refractivity contribution is 0.102. The Morgan fingerprint density at radius 1 is 0.388 bits per heavy atom. The van der Waals surface area contributed by atoms with Crippen LogP contribution in [-0.2, 0) is 27.2 Å². The molecule has 8 rings (SSSR count). The summed E-state index contributed by atoms with van der Waals surface area (Å²) in [6, 6.07) is 37.6. The average Bonchev–Trinajstić information content (AvgIpc) is 2.40. The Hall–Kier alpha value is -8.40. The summed E-state index contributed by atoms with van der Waals surface area (Å²) in [5.41, 5.74) is -9.54. The maximum Gasteiger partial charge on any atom is 0.212 e. The Morgan fingerprint density at radius 3 is 0.938 bits per heavy atom. The van der Waals surface area contributed by atoms with E-state index in [0.29, 0.717) is 5.56 Å². The second-order valence-electron chi connectivity index (χ2n) is 17.3. The van der Waals surface area contributed by atoms with E-state index >= 15 is 35.1 Å². The van der Waals surface area contributed by atoms with Crippen LogP contribution >= 0.6 is 0 Å². The first-order valence-corrected chi connectivity index (χ1v) is 24.6. The SMILES string of the molecule is C[S+](=O)(C#Cc1ccccc1)CC(=O)c1ccc(N(Cc2ccccc2)Cc2ccccc2)cc1.Fc1c(F)c(F)c([B-](c2c(F)c(F)c(F)c(F)c2F)(c2c(F)c(F)c(F)c(F)c2F)c2c(F)c(F)c(F)c(F)c2F)c(F)c1F. The van der Waals surface area contributed by atoms with Gasteiger partial charge in [-0.15, -0.1) is 21.9 Å². The monoisotopic (exact) mass is 1160 g/mol. The Morgan fingerprint density at radius 2 is 0.650 bits per heavy atom.